The van der Waals surface area contributed by atoms with Gasteiger partial charge in [-0.15, -0.1) is 0 Å². The SMILES string of the molecule is Cc1ccccc1CCC(O)(O)c1ccccc1C. The summed E-state index contributed by atoms with van der Waals surface area (Å²) in [7, 11) is 0. The maximum Gasteiger partial charge on any atom is 0.190 e. The summed E-state index contributed by atoms with van der Waals surface area (Å²) >= 11 is 0. The first-order valence-corrected chi connectivity index (χ1v) is 6.56. The Bertz CT molecular complexity index is 559. The molecule has 0 amide bonds. The summed E-state index contributed by atoms with van der Waals surface area (Å²) in [6.45, 7) is 3.93. The predicted molar refractivity (Wildman–Crippen MR) is 76.8 cm³/mol. The van der Waals surface area contributed by atoms with Gasteiger partial charge in [0.15, 0.2) is 5.79 Å². The fraction of sp³-hybridized carbons (Fsp3) is 0.294. The Morgan fingerprint density at radius 2 is 1.42 bits per heavy atom. The highest BCUT2D eigenvalue weighted by Crippen LogP contribution is 2.27. The van der Waals surface area contributed by atoms with Crippen molar-refractivity contribution < 1.29 is 10.2 Å². The van der Waals surface area contributed by atoms with Crippen LogP contribution in [0.3, 0.4) is 0 Å². The van der Waals surface area contributed by atoms with E-state index in [2.05, 4.69) is 0 Å². The molecule has 2 aromatic carbocycles. The third kappa shape index (κ3) is 3.22. The van der Waals surface area contributed by atoms with E-state index in [9.17, 15) is 10.2 Å². The summed E-state index contributed by atoms with van der Waals surface area (Å²) in [4.78, 5) is 0. The molecule has 100 valence electrons. The minimum Gasteiger partial charge on any atom is -0.362 e. The maximum absolute atomic E-state index is 10.3. The van der Waals surface area contributed by atoms with E-state index in [1.54, 1.807) is 6.07 Å². The van der Waals surface area contributed by atoms with E-state index in [4.69, 9.17) is 0 Å². The van der Waals surface area contributed by atoms with Gasteiger partial charge in [-0.1, -0.05) is 48.5 Å². The molecule has 0 radical (unpaired) electrons. The Kier molecular flexibility index (Phi) is 4.03. The van der Waals surface area contributed by atoms with Crippen LogP contribution in [0.1, 0.15) is 28.7 Å². The molecule has 0 unspecified atom stereocenters. The molecule has 0 atom stereocenters. The van der Waals surface area contributed by atoms with Crippen molar-refractivity contribution in [1.29, 1.82) is 0 Å². The van der Waals surface area contributed by atoms with Gasteiger partial charge in [0.25, 0.3) is 0 Å². The van der Waals surface area contributed by atoms with Gasteiger partial charge >= 0.3 is 0 Å². The number of aliphatic hydroxyl groups is 2. The van der Waals surface area contributed by atoms with Gasteiger partial charge in [0.05, 0.1) is 0 Å². The quantitative estimate of drug-likeness (QED) is 0.825. The standard InChI is InChI=1S/C17H20O2/c1-13-7-3-5-9-15(13)11-12-17(18,19)16-10-6-4-8-14(16)2/h3-10,18-19H,11-12H2,1-2H3. The molecule has 2 rings (SSSR count). The van der Waals surface area contributed by atoms with Gasteiger partial charge in [-0.3, -0.25) is 0 Å². The molecule has 0 aliphatic rings. The van der Waals surface area contributed by atoms with Crippen molar-refractivity contribution in [2.45, 2.75) is 32.5 Å². The zero-order chi connectivity index (χ0) is 13.9. The fourth-order valence-electron chi connectivity index (χ4n) is 2.36. The van der Waals surface area contributed by atoms with Gasteiger partial charge in [-0.05, 0) is 37.0 Å². The van der Waals surface area contributed by atoms with E-state index in [-0.39, 0.29) is 0 Å². The Morgan fingerprint density at radius 1 is 0.842 bits per heavy atom. The number of hydrogen-bond donors (Lipinski definition) is 2. The second kappa shape index (κ2) is 5.55. The molecule has 0 saturated heterocycles. The molecule has 2 nitrogen and oxygen atoms in total. The molecule has 2 heteroatoms. The van der Waals surface area contributed by atoms with Crippen LogP contribution >= 0.6 is 0 Å². The number of benzene rings is 2. The topological polar surface area (TPSA) is 40.5 Å². The van der Waals surface area contributed by atoms with E-state index in [0.717, 1.165) is 11.1 Å². The maximum atomic E-state index is 10.3. The van der Waals surface area contributed by atoms with E-state index in [1.165, 1.54) is 5.56 Å². The van der Waals surface area contributed by atoms with Crippen LogP contribution < -0.4 is 0 Å². The number of aryl methyl sites for hydroxylation is 3. The van der Waals surface area contributed by atoms with Gasteiger partial charge in [0, 0.05) is 12.0 Å². The first-order chi connectivity index (χ1) is 9.00. The highest BCUT2D eigenvalue weighted by molar-refractivity contribution is 5.30. The molecule has 0 aliphatic carbocycles. The summed E-state index contributed by atoms with van der Waals surface area (Å²) in [6.07, 6.45) is 0.941. The lowest BCUT2D eigenvalue weighted by Gasteiger charge is -2.24. The largest absolute Gasteiger partial charge is 0.362 e. The molecule has 2 N–H and O–H groups in total. The van der Waals surface area contributed by atoms with E-state index in [0.29, 0.717) is 18.4 Å². The van der Waals surface area contributed by atoms with Crippen LogP contribution in [0.2, 0.25) is 0 Å². The Morgan fingerprint density at radius 3 is 2.05 bits per heavy atom. The van der Waals surface area contributed by atoms with E-state index < -0.39 is 5.79 Å². The average molecular weight is 256 g/mol. The van der Waals surface area contributed by atoms with Crippen molar-refractivity contribution in [2.75, 3.05) is 0 Å². The van der Waals surface area contributed by atoms with Gasteiger partial charge < -0.3 is 10.2 Å². The smallest absolute Gasteiger partial charge is 0.190 e. The van der Waals surface area contributed by atoms with Crippen LogP contribution in [0.25, 0.3) is 0 Å². The predicted octanol–water partition coefficient (Wildman–Crippen LogP) is 3.07. The molecular formula is C17H20O2. The number of hydrogen-bond acceptors (Lipinski definition) is 2. The van der Waals surface area contributed by atoms with Crippen molar-refractivity contribution >= 4 is 0 Å². The van der Waals surface area contributed by atoms with Crippen LogP contribution in [-0.2, 0) is 12.2 Å². The van der Waals surface area contributed by atoms with Gasteiger partial charge in [0.2, 0.25) is 0 Å². The van der Waals surface area contributed by atoms with Crippen molar-refractivity contribution in [3.8, 4) is 0 Å². The minimum absolute atomic E-state index is 0.294. The Labute approximate surface area is 114 Å². The van der Waals surface area contributed by atoms with Gasteiger partial charge in [0.1, 0.15) is 0 Å². The second-order valence-electron chi connectivity index (χ2n) is 5.06. The van der Waals surface area contributed by atoms with Gasteiger partial charge in [-0.25, -0.2) is 0 Å². The second-order valence-corrected chi connectivity index (χ2v) is 5.06. The lowest BCUT2D eigenvalue weighted by atomic mass is 9.93. The molecule has 0 spiro atoms. The summed E-state index contributed by atoms with van der Waals surface area (Å²) < 4.78 is 0. The lowest BCUT2D eigenvalue weighted by Crippen LogP contribution is -2.26. The third-order valence-electron chi connectivity index (χ3n) is 3.58. The number of rotatable bonds is 4. The van der Waals surface area contributed by atoms with Gasteiger partial charge in [-0.2, -0.15) is 0 Å². The summed E-state index contributed by atoms with van der Waals surface area (Å²) in [5.74, 6) is -1.77. The summed E-state index contributed by atoms with van der Waals surface area (Å²) in [5, 5.41) is 20.5. The van der Waals surface area contributed by atoms with Crippen LogP contribution in [0.5, 0.6) is 0 Å². The molecule has 0 saturated carbocycles. The molecule has 0 bridgehead atoms. The molecule has 2 aromatic rings. The monoisotopic (exact) mass is 256 g/mol. The van der Waals surface area contributed by atoms with Crippen molar-refractivity contribution in [3.63, 3.8) is 0 Å². The van der Waals surface area contributed by atoms with Crippen LogP contribution in [-0.4, -0.2) is 10.2 Å². The van der Waals surface area contributed by atoms with Crippen LogP contribution in [0, 0.1) is 13.8 Å². The van der Waals surface area contributed by atoms with Crippen molar-refractivity contribution in [2.24, 2.45) is 0 Å². The lowest BCUT2D eigenvalue weighted by molar-refractivity contribution is -0.174. The van der Waals surface area contributed by atoms with Crippen LogP contribution in [0.4, 0.5) is 0 Å². The first-order valence-electron chi connectivity index (χ1n) is 6.56. The minimum atomic E-state index is -1.77. The van der Waals surface area contributed by atoms with Crippen molar-refractivity contribution in [3.05, 3.63) is 70.8 Å². The highest BCUT2D eigenvalue weighted by atomic mass is 16.5. The fourth-order valence-corrected chi connectivity index (χ4v) is 2.36. The van der Waals surface area contributed by atoms with Crippen LogP contribution in [0.15, 0.2) is 48.5 Å². The molecule has 19 heavy (non-hydrogen) atoms. The highest BCUT2D eigenvalue weighted by Gasteiger charge is 2.26. The summed E-state index contributed by atoms with van der Waals surface area (Å²) in [6, 6.07) is 15.4. The summed E-state index contributed by atoms with van der Waals surface area (Å²) in [5.41, 5.74) is 3.83. The Hall–Kier alpha value is -1.64. The third-order valence-corrected chi connectivity index (χ3v) is 3.58. The molecular weight excluding hydrogens is 236 g/mol. The van der Waals surface area contributed by atoms with E-state index >= 15 is 0 Å². The zero-order valence-electron chi connectivity index (χ0n) is 11.4. The molecule has 0 fully saturated rings. The normalized spacial score (nSPS) is 11.6. The molecule has 0 heterocycles. The zero-order valence-corrected chi connectivity index (χ0v) is 11.4. The molecule has 0 aliphatic heterocycles. The Balaban J connectivity index is 2.14. The first kappa shape index (κ1) is 13.8. The molecule has 0 aromatic heterocycles. The van der Waals surface area contributed by atoms with Crippen molar-refractivity contribution in [1.82, 2.24) is 0 Å². The van der Waals surface area contributed by atoms with E-state index in [1.807, 2.05) is 56.3 Å². The average Bonchev–Trinajstić information content (AvgIpc) is 2.38.